The van der Waals surface area contributed by atoms with Gasteiger partial charge in [0.1, 0.15) is 12.3 Å². The van der Waals surface area contributed by atoms with Gasteiger partial charge in [-0.1, -0.05) is 12.1 Å². The molecule has 0 atom stereocenters. The maximum absolute atomic E-state index is 5.91. The van der Waals surface area contributed by atoms with Crippen LogP contribution in [0.4, 0.5) is 5.69 Å². The quantitative estimate of drug-likeness (QED) is 0.617. The first-order valence-electron chi connectivity index (χ1n) is 11.0. The summed E-state index contributed by atoms with van der Waals surface area (Å²) in [4.78, 5) is 2.51. The lowest BCUT2D eigenvalue weighted by Crippen LogP contribution is -2.44. The minimum atomic E-state index is 0.259. The van der Waals surface area contributed by atoms with Crippen molar-refractivity contribution < 1.29 is 14.0 Å². The highest BCUT2D eigenvalue weighted by Crippen LogP contribution is 2.37. The molecule has 0 amide bonds. The minimum Gasteiger partial charge on any atom is -0.454 e. The fraction of sp³-hybridized carbons (Fsp3) is 0.375. The van der Waals surface area contributed by atoms with Crippen LogP contribution in [0, 0.1) is 0 Å². The van der Waals surface area contributed by atoms with Crippen molar-refractivity contribution in [3.63, 3.8) is 0 Å². The standard InChI is InChI=1S/C24H26N5O2/c25-18-6-4-16(5-7-18)24-20-13-22-21(30-15-31-22)12-17(20)11-19(26-27-24)14-29-10-2-9-28-8-1-3-23(28)29/h4-7,12-13H,1-3,8-11,14-15,25H2/q+1. The Morgan fingerprint density at radius 1 is 1.00 bits per heavy atom. The van der Waals surface area contributed by atoms with E-state index in [9.17, 15) is 0 Å². The number of ether oxygens (including phenoxy) is 2. The number of rotatable bonds is 3. The number of hydrogen-bond acceptors (Lipinski definition) is 6. The Hall–Kier alpha value is -3.35. The molecule has 0 unspecified atom stereocenters. The van der Waals surface area contributed by atoms with Crippen molar-refractivity contribution >= 4 is 22.9 Å². The number of anilines is 1. The first-order valence-corrected chi connectivity index (χ1v) is 11.0. The summed E-state index contributed by atoms with van der Waals surface area (Å²) < 4.78 is 13.9. The van der Waals surface area contributed by atoms with Gasteiger partial charge >= 0.3 is 0 Å². The Morgan fingerprint density at radius 2 is 1.81 bits per heavy atom. The van der Waals surface area contributed by atoms with Gasteiger partial charge in [-0.2, -0.15) is 5.10 Å². The Balaban J connectivity index is 1.39. The third kappa shape index (κ3) is 3.34. The maximum Gasteiger partial charge on any atom is 0.247 e. The van der Waals surface area contributed by atoms with E-state index in [4.69, 9.17) is 25.4 Å². The average molecular weight is 417 g/mol. The summed E-state index contributed by atoms with van der Waals surface area (Å²) >= 11 is 0. The smallest absolute Gasteiger partial charge is 0.247 e. The molecular weight excluding hydrogens is 390 g/mol. The van der Waals surface area contributed by atoms with E-state index in [1.54, 1.807) is 0 Å². The van der Waals surface area contributed by atoms with E-state index in [1.807, 2.05) is 30.3 Å². The van der Waals surface area contributed by atoms with Crippen LogP contribution in [0.15, 0.2) is 46.6 Å². The summed E-state index contributed by atoms with van der Waals surface area (Å²) in [6.45, 7) is 4.54. The number of benzene rings is 2. The van der Waals surface area contributed by atoms with Crippen molar-refractivity contribution in [2.24, 2.45) is 10.2 Å². The van der Waals surface area contributed by atoms with E-state index in [1.165, 1.54) is 43.8 Å². The number of amidine groups is 1. The predicted molar refractivity (Wildman–Crippen MR) is 121 cm³/mol. The van der Waals surface area contributed by atoms with Crippen molar-refractivity contribution in [1.82, 2.24) is 4.90 Å². The summed E-state index contributed by atoms with van der Waals surface area (Å²) in [5.41, 5.74) is 11.8. The number of nitrogen functional groups attached to an aromatic ring is 1. The second kappa shape index (κ2) is 7.41. The molecule has 4 aliphatic rings. The molecule has 7 heteroatoms. The van der Waals surface area contributed by atoms with Gasteiger partial charge in [-0.05, 0) is 36.2 Å². The third-order valence-electron chi connectivity index (χ3n) is 6.51. The van der Waals surface area contributed by atoms with Gasteiger partial charge < -0.3 is 15.2 Å². The SMILES string of the molecule is Nc1ccc(C2=NN=C(CN3CCC[N+]4=C3CCC4)Cc3cc4c(cc32)OCO4)cc1. The monoisotopic (exact) mass is 416 g/mol. The molecule has 31 heavy (non-hydrogen) atoms. The molecule has 0 saturated carbocycles. The number of fused-ring (bicyclic) bond motifs is 2. The molecule has 4 aliphatic heterocycles. The Bertz CT molecular complexity index is 1130. The van der Waals surface area contributed by atoms with Gasteiger partial charge in [0, 0.05) is 29.7 Å². The van der Waals surface area contributed by atoms with Gasteiger partial charge in [0.15, 0.2) is 11.5 Å². The molecule has 0 saturated heterocycles. The topological polar surface area (TPSA) is 75.5 Å². The lowest BCUT2D eigenvalue weighted by atomic mass is 9.94. The fourth-order valence-corrected chi connectivity index (χ4v) is 5.01. The zero-order chi connectivity index (χ0) is 20.8. The molecule has 0 spiro atoms. The van der Waals surface area contributed by atoms with E-state index >= 15 is 0 Å². The van der Waals surface area contributed by atoms with Crippen LogP contribution in [-0.2, 0) is 6.42 Å². The summed E-state index contributed by atoms with van der Waals surface area (Å²) in [7, 11) is 0. The summed E-state index contributed by atoms with van der Waals surface area (Å²) in [5.74, 6) is 3.04. The molecule has 158 valence electrons. The number of hydrogen-bond donors (Lipinski definition) is 1. The Labute approximate surface area is 181 Å². The summed E-state index contributed by atoms with van der Waals surface area (Å²) in [6.07, 6.45) is 4.37. The van der Waals surface area contributed by atoms with Crippen molar-refractivity contribution in [3.8, 4) is 11.5 Å². The van der Waals surface area contributed by atoms with Crippen molar-refractivity contribution in [2.45, 2.75) is 25.7 Å². The highest BCUT2D eigenvalue weighted by molar-refractivity contribution is 6.15. The van der Waals surface area contributed by atoms with Gasteiger partial charge in [0.05, 0.1) is 31.8 Å². The normalized spacial score (nSPS) is 19.5. The second-order valence-corrected chi connectivity index (χ2v) is 8.56. The lowest BCUT2D eigenvalue weighted by molar-refractivity contribution is -0.529. The molecule has 7 nitrogen and oxygen atoms in total. The van der Waals surface area contributed by atoms with Crippen molar-refractivity contribution in [1.29, 1.82) is 0 Å². The van der Waals surface area contributed by atoms with Gasteiger partial charge in [0.2, 0.25) is 12.6 Å². The van der Waals surface area contributed by atoms with Crippen LogP contribution in [-0.4, -0.2) is 59.7 Å². The summed E-state index contributed by atoms with van der Waals surface area (Å²) in [5, 5.41) is 9.49. The average Bonchev–Trinajstić information content (AvgIpc) is 3.40. The highest BCUT2D eigenvalue weighted by atomic mass is 16.7. The zero-order valence-electron chi connectivity index (χ0n) is 17.5. The molecule has 6 rings (SSSR count). The van der Waals surface area contributed by atoms with Gasteiger partial charge in [-0.15, -0.1) is 5.10 Å². The molecule has 2 aromatic rings. The first-order chi connectivity index (χ1) is 15.2. The minimum absolute atomic E-state index is 0.259. The van der Waals surface area contributed by atoms with E-state index in [0.29, 0.717) is 0 Å². The van der Waals surface area contributed by atoms with Gasteiger partial charge in [-0.3, -0.25) is 9.48 Å². The number of nitrogens with two attached hydrogens (primary N) is 1. The maximum atomic E-state index is 5.91. The molecule has 0 fully saturated rings. The van der Waals surface area contributed by atoms with Crippen LogP contribution < -0.4 is 15.2 Å². The van der Waals surface area contributed by atoms with Gasteiger partial charge in [0.25, 0.3) is 0 Å². The first kappa shape index (κ1) is 18.4. The van der Waals surface area contributed by atoms with Crippen LogP contribution in [0.1, 0.15) is 36.0 Å². The Kier molecular flexibility index (Phi) is 4.40. The van der Waals surface area contributed by atoms with Crippen LogP contribution in [0.25, 0.3) is 0 Å². The Morgan fingerprint density at radius 3 is 2.68 bits per heavy atom. The van der Waals surface area contributed by atoms with Crippen LogP contribution in [0.3, 0.4) is 0 Å². The fourth-order valence-electron chi connectivity index (χ4n) is 5.01. The second-order valence-electron chi connectivity index (χ2n) is 8.56. The third-order valence-corrected chi connectivity index (χ3v) is 6.51. The highest BCUT2D eigenvalue weighted by Gasteiger charge is 2.33. The van der Waals surface area contributed by atoms with Crippen molar-refractivity contribution in [2.75, 3.05) is 38.7 Å². The number of nitrogens with zero attached hydrogens (tertiary/aromatic N) is 4. The molecule has 0 bridgehead atoms. The van der Waals surface area contributed by atoms with E-state index in [2.05, 4.69) is 15.5 Å². The van der Waals surface area contributed by atoms with Crippen LogP contribution in [0.2, 0.25) is 0 Å². The lowest BCUT2D eigenvalue weighted by Gasteiger charge is -2.24. The molecule has 0 aliphatic carbocycles. The predicted octanol–water partition coefficient (Wildman–Crippen LogP) is 2.66. The van der Waals surface area contributed by atoms with E-state index in [0.717, 1.165) is 59.2 Å². The zero-order valence-corrected chi connectivity index (χ0v) is 17.5. The largest absolute Gasteiger partial charge is 0.454 e. The van der Waals surface area contributed by atoms with E-state index in [-0.39, 0.29) is 6.79 Å². The molecule has 2 aromatic carbocycles. The van der Waals surface area contributed by atoms with Crippen molar-refractivity contribution in [3.05, 3.63) is 53.1 Å². The van der Waals surface area contributed by atoms with E-state index < -0.39 is 0 Å². The molecule has 0 radical (unpaired) electrons. The summed E-state index contributed by atoms with van der Waals surface area (Å²) in [6, 6.07) is 11.9. The molecular formula is C24H26N5O2+. The van der Waals surface area contributed by atoms with Gasteiger partial charge in [-0.25, -0.2) is 0 Å². The molecule has 0 aromatic heterocycles. The van der Waals surface area contributed by atoms with Crippen LogP contribution in [0.5, 0.6) is 11.5 Å². The molecule has 4 heterocycles. The van der Waals surface area contributed by atoms with Crippen LogP contribution >= 0.6 is 0 Å². The molecule has 2 N–H and O–H groups in total.